The van der Waals surface area contributed by atoms with Crippen molar-refractivity contribution in [3.63, 3.8) is 0 Å². The number of rotatable bonds is 7. The van der Waals surface area contributed by atoms with E-state index in [9.17, 15) is 9.59 Å². The van der Waals surface area contributed by atoms with E-state index in [-0.39, 0.29) is 12.5 Å². The molecule has 1 N–H and O–H groups in total. The summed E-state index contributed by atoms with van der Waals surface area (Å²) in [6, 6.07) is 17.8. The van der Waals surface area contributed by atoms with Gasteiger partial charge in [0.1, 0.15) is 6.54 Å². The predicted molar refractivity (Wildman–Crippen MR) is 145 cm³/mol. The first kappa shape index (κ1) is 24.8. The third kappa shape index (κ3) is 5.60. The van der Waals surface area contributed by atoms with Crippen molar-refractivity contribution in [2.24, 2.45) is 0 Å². The molecule has 7 nitrogen and oxygen atoms in total. The molecular formula is C29H28N4O3S. The van der Waals surface area contributed by atoms with Gasteiger partial charge in [-0.05, 0) is 42.2 Å². The molecule has 0 saturated carbocycles. The molecule has 2 aromatic carbocycles. The highest BCUT2D eigenvalue weighted by Crippen LogP contribution is 2.35. The highest BCUT2D eigenvalue weighted by molar-refractivity contribution is 7.07. The lowest BCUT2D eigenvalue weighted by Gasteiger charge is -2.30. The molecule has 1 aliphatic rings. The fraction of sp³-hybridized carbons (Fsp3) is 0.241. The van der Waals surface area contributed by atoms with Crippen LogP contribution in [0.4, 0.5) is 0 Å². The summed E-state index contributed by atoms with van der Waals surface area (Å²) in [5, 5.41) is 12.2. The van der Waals surface area contributed by atoms with Crippen LogP contribution in [0.1, 0.15) is 40.0 Å². The van der Waals surface area contributed by atoms with Crippen LogP contribution in [0.3, 0.4) is 0 Å². The van der Waals surface area contributed by atoms with E-state index >= 15 is 0 Å². The maximum atomic E-state index is 12.7. The summed E-state index contributed by atoms with van der Waals surface area (Å²) in [4.78, 5) is 36.5. The number of piperidine rings is 1. The number of hydrogen-bond donors (Lipinski definition) is 1. The second kappa shape index (κ2) is 11.0. The van der Waals surface area contributed by atoms with Gasteiger partial charge < -0.3 is 10.0 Å². The molecule has 0 atom stereocenters. The van der Waals surface area contributed by atoms with Crippen LogP contribution in [0, 0.1) is 0 Å². The number of aliphatic carboxylic acids is 1. The quantitative estimate of drug-likeness (QED) is 0.377. The number of amides is 1. The number of carbonyl (C=O) groups excluding carboxylic acids is 1. The normalized spacial score (nSPS) is 14.0. The van der Waals surface area contributed by atoms with Gasteiger partial charge in [-0.1, -0.05) is 42.0 Å². The lowest BCUT2D eigenvalue weighted by Crippen LogP contribution is -2.31. The number of likely N-dealkylation sites (tertiary alicyclic amines) is 1. The van der Waals surface area contributed by atoms with Crippen molar-refractivity contribution in [3.8, 4) is 0 Å². The Bertz CT molecular complexity index is 1430. The van der Waals surface area contributed by atoms with Crippen LogP contribution in [0.25, 0.3) is 16.5 Å². The number of carbonyl (C=O) groups is 2. The van der Waals surface area contributed by atoms with Crippen LogP contribution >= 0.6 is 11.3 Å². The van der Waals surface area contributed by atoms with Crippen molar-refractivity contribution in [2.75, 3.05) is 26.7 Å². The van der Waals surface area contributed by atoms with Gasteiger partial charge in [-0.15, -0.1) is 11.3 Å². The number of para-hydroxylation sites is 1. The number of thiazole rings is 1. The van der Waals surface area contributed by atoms with Crippen LogP contribution in [0.15, 0.2) is 77.3 Å². The lowest BCUT2D eigenvalue weighted by atomic mass is 9.87. The van der Waals surface area contributed by atoms with Crippen LogP contribution in [0.2, 0.25) is 0 Å². The molecular weight excluding hydrogens is 484 g/mol. The highest BCUT2D eigenvalue weighted by Gasteiger charge is 2.22. The summed E-state index contributed by atoms with van der Waals surface area (Å²) < 4.78 is 0. The van der Waals surface area contributed by atoms with Gasteiger partial charge in [0, 0.05) is 54.8 Å². The van der Waals surface area contributed by atoms with E-state index in [1.54, 1.807) is 23.5 Å². The van der Waals surface area contributed by atoms with Crippen molar-refractivity contribution >= 4 is 39.7 Å². The molecule has 0 spiro atoms. The van der Waals surface area contributed by atoms with Crippen LogP contribution in [0.5, 0.6) is 0 Å². The minimum atomic E-state index is -1.04. The lowest BCUT2D eigenvalue weighted by molar-refractivity contribution is -0.137. The molecule has 0 radical (unpaired) electrons. The van der Waals surface area contributed by atoms with E-state index in [1.165, 1.54) is 17.5 Å². The molecule has 0 aliphatic carbocycles. The van der Waals surface area contributed by atoms with Crippen molar-refractivity contribution < 1.29 is 14.7 Å². The SMILES string of the molecule is CN(CC(=O)O)C(=O)c1ccc(C(=C2CCN(Cc3cscn3)CC2)c2cccc3cccnc23)cc1. The van der Waals surface area contributed by atoms with Crippen LogP contribution < -0.4 is 0 Å². The third-order valence-electron chi connectivity index (χ3n) is 6.72. The number of benzene rings is 2. The summed E-state index contributed by atoms with van der Waals surface area (Å²) in [6.07, 6.45) is 3.69. The topological polar surface area (TPSA) is 86.6 Å². The second-order valence-corrected chi connectivity index (χ2v) is 9.97. The smallest absolute Gasteiger partial charge is 0.323 e. The van der Waals surface area contributed by atoms with Gasteiger partial charge in [-0.2, -0.15) is 0 Å². The first-order chi connectivity index (χ1) is 18.0. The maximum absolute atomic E-state index is 12.7. The molecule has 0 bridgehead atoms. The van der Waals surface area contributed by atoms with E-state index in [0.717, 1.165) is 65.8 Å². The Morgan fingerprint density at radius 1 is 1.00 bits per heavy atom. The first-order valence-electron chi connectivity index (χ1n) is 12.2. The number of carboxylic acids is 1. The molecule has 8 heteroatoms. The summed E-state index contributed by atoms with van der Waals surface area (Å²) >= 11 is 1.63. The van der Waals surface area contributed by atoms with Gasteiger partial charge in [-0.25, -0.2) is 4.98 Å². The maximum Gasteiger partial charge on any atom is 0.323 e. The Labute approximate surface area is 219 Å². The average molecular weight is 513 g/mol. The molecule has 188 valence electrons. The number of hydrogen-bond acceptors (Lipinski definition) is 6. The standard InChI is InChI=1S/C29H28N4O3S/c1-32(17-26(34)35)29(36)23-9-7-20(8-10-23)27(25-6-2-4-22-5-3-13-30-28(22)25)21-11-14-33(15-12-21)16-24-18-37-19-31-24/h2-10,13,18-19H,11-12,14-17H2,1H3,(H,34,35). The molecule has 5 rings (SSSR count). The van der Waals surface area contributed by atoms with Gasteiger partial charge in [0.05, 0.1) is 16.7 Å². The van der Waals surface area contributed by atoms with Gasteiger partial charge in [0.2, 0.25) is 0 Å². The average Bonchev–Trinajstić information content (AvgIpc) is 3.43. The molecule has 1 amide bonds. The molecule has 1 aliphatic heterocycles. The zero-order chi connectivity index (χ0) is 25.8. The van der Waals surface area contributed by atoms with E-state index in [1.807, 2.05) is 29.9 Å². The minimum absolute atomic E-state index is 0.315. The highest BCUT2D eigenvalue weighted by atomic mass is 32.1. The third-order valence-corrected chi connectivity index (χ3v) is 7.36. The fourth-order valence-corrected chi connectivity index (χ4v) is 5.46. The molecule has 2 aromatic heterocycles. The molecule has 37 heavy (non-hydrogen) atoms. The number of nitrogens with zero attached hydrogens (tertiary/aromatic N) is 4. The fourth-order valence-electron chi connectivity index (χ4n) is 4.91. The summed E-state index contributed by atoms with van der Waals surface area (Å²) in [7, 11) is 1.50. The minimum Gasteiger partial charge on any atom is -0.480 e. The zero-order valence-corrected chi connectivity index (χ0v) is 21.4. The summed E-state index contributed by atoms with van der Waals surface area (Å²) in [5.41, 5.74) is 9.06. The number of likely N-dealkylation sites (N-methyl/N-ethyl adjacent to an activating group) is 1. The predicted octanol–water partition coefficient (Wildman–Crippen LogP) is 4.95. The largest absolute Gasteiger partial charge is 0.480 e. The molecule has 3 heterocycles. The van der Waals surface area contributed by atoms with Crippen LogP contribution in [-0.4, -0.2) is 63.4 Å². The number of fused-ring (bicyclic) bond motifs is 1. The van der Waals surface area contributed by atoms with Crippen LogP contribution in [-0.2, 0) is 11.3 Å². The Hall–Kier alpha value is -3.88. The van der Waals surface area contributed by atoms with Gasteiger partial charge in [0.25, 0.3) is 5.91 Å². The number of pyridine rings is 1. The Balaban J connectivity index is 1.49. The molecule has 4 aromatic rings. The van der Waals surface area contributed by atoms with E-state index < -0.39 is 5.97 Å². The van der Waals surface area contributed by atoms with Crippen molar-refractivity contribution in [1.82, 2.24) is 19.8 Å². The van der Waals surface area contributed by atoms with E-state index in [0.29, 0.717) is 5.56 Å². The molecule has 0 unspecified atom stereocenters. The Morgan fingerprint density at radius 2 is 1.73 bits per heavy atom. The molecule has 1 fully saturated rings. The van der Waals surface area contributed by atoms with E-state index in [2.05, 4.69) is 39.5 Å². The van der Waals surface area contributed by atoms with Gasteiger partial charge in [0.15, 0.2) is 0 Å². The Morgan fingerprint density at radius 3 is 2.43 bits per heavy atom. The van der Waals surface area contributed by atoms with E-state index in [4.69, 9.17) is 10.1 Å². The number of aromatic nitrogens is 2. The van der Waals surface area contributed by atoms with Crippen molar-refractivity contribution in [3.05, 3.63) is 99.6 Å². The number of carboxylic acid groups (broad SMARTS) is 1. The van der Waals surface area contributed by atoms with Gasteiger partial charge in [-0.3, -0.25) is 19.5 Å². The zero-order valence-electron chi connectivity index (χ0n) is 20.6. The van der Waals surface area contributed by atoms with Crippen molar-refractivity contribution in [1.29, 1.82) is 0 Å². The molecule has 1 saturated heterocycles. The van der Waals surface area contributed by atoms with Crippen molar-refractivity contribution in [2.45, 2.75) is 19.4 Å². The Kier molecular flexibility index (Phi) is 7.39. The summed E-state index contributed by atoms with van der Waals surface area (Å²) in [6.45, 7) is 2.42. The monoisotopic (exact) mass is 512 g/mol. The van der Waals surface area contributed by atoms with Gasteiger partial charge >= 0.3 is 5.97 Å². The summed E-state index contributed by atoms with van der Waals surface area (Å²) in [5.74, 6) is -1.35. The second-order valence-electron chi connectivity index (χ2n) is 9.25. The first-order valence-corrected chi connectivity index (χ1v) is 13.2.